The number of halogens is 3. The second-order valence-corrected chi connectivity index (χ2v) is 7.59. The number of rotatable bonds is 3. The van der Waals surface area contributed by atoms with E-state index in [2.05, 4.69) is 0 Å². The summed E-state index contributed by atoms with van der Waals surface area (Å²) in [4.78, 5) is 26.5. The molecule has 2 fully saturated rings. The number of primary amides is 1. The lowest BCUT2D eigenvalue weighted by Gasteiger charge is -2.26. The summed E-state index contributed by atoms with van der Waals surface area (Å²) in [5.74, 6) is -0.526. The Kier molecular flexibility index (Phi) is 4.21. The van der Waals surface area contributed by atoms with E-state index in [1.807, 2.05) is 6.92 Å². The van der Waals surface area contributed by atoms with Gasteiger partial charge in [-0.05, 0) is 54.5 Å². The van der Waals surface area contributed by atoms with Crippen molar-refractivity contribution in [1.82, 2.24) is 4.90 Å². The van der Waals surface area contributed by atoms with E-state index in [1.165, 1.54) is 11.0 Å². The van der Waals surface area contributed by atoms with Crippen LogP contribution < -0.4 is 5.73 Å². The number of alkyl halides is 3. The number of piperidine rings is 1. The third kappa shape index (κ3) is 3.15. The van der Waals surface area contributed by atoms with Gasteiger partial charge in [0, 0.05) is 12.1 Å². The van der Waals surface area contributed by atoms with E-state index >= 15 is 0 Å². The standard InChI is InChI=1S/C21H19F3N2O2/c1-11-5-6-15(20(28)26-10-13-9-17(13)18(26)19(25)27)16(7-11)12-3-2-4-14(8-12)21(22,23)24/h2-8,13,17-18H,9-10H2,1H3,(H2,25,27)/t13-,17-,18+/m1/s1. The molecule has 1 aliphatic carbocycles. The molecule has 0 spiro atoms. The maximum absolute atomic E-state index is 13.2. The molecule has 2 N–H and O–H groups in total. The van der Waals surface area contributed by atoms with Crippen LogP contribution >= 0.6 is 0 Å². The molecule has 0 bridgehead atoms. The van der Waals surface area contributed by atoms with Gasteiger partial charge in [0.2, 0.25) is 5.91 Å². The first-order valence-corrected chi connectivity index (χ1v) is 9.05. The minimum atomic E-state index is -4.47. The fraction of sp³-hybridized carbons (Fsp3) is 0.333. The van der Waals surface area contributed by atoms with Crippen molar-refractivity contribution in [3.8, 4) is 11.1 Å². The Morgan fingerprint density at radius 3 is 2.57 bits per heavy atom. The molecule has 2 amide bonds. The second kappa shape index (κ2) is 6.36. The quantitative estimate of drug-likeness (QED) is 0.873. The lowest BCUT2D eigenvalue weighted by molar-refractivity contribution is -0.137. The Morgan fingerprint density at radius 1 is 1.14 bits per heavy atom. The molecule has 7 heteroatoms. The van der Waals surface area contributed by atoms with Gasteiger partial charge in [0.25, 0.3) is 5.91 Å². The van der Waals surface area contributed by atoms with Gasteiger partial charge in [-0.15, -0.1) is 0 Å². The first kappa shape index (κ1) is 18.5. The maximum Gasteiger partial charge on any atom is 0.416 e. The number of amides is 2. The molecule has 0 aromatic heterocycles. The molecular formula is C21H19F3N2O2. The lowest BCUT2D eigenvalue weighted by atomic mass is 9.95. The van der Waals surface area contributed by atoms with E-state index in [0.717, 1.165) is 24.1 Å². The topological polar surface area (TPSA) is 63.4 Å². The summed E-state index contributed by atoms with van der Waals surface area (Å²) in [5.41, 5.74) is 6.55. The average Bonchev–Trinajstić information content (AvgIpc) is 3.29. The van der Waals surface area contributed by atoms with Crippen molar-refractivity contribution in [3.63, 3.8) is 0 Å². The first-order valence-electron chi connectivity index (χ1n) is 9.05. The number of hydrogen-bond donors (Lipinski definition) is 1. The first-order chi connectivity index (χ1) is 13.2. The van der Waals surface area contributed by atoms with E-state index in [-0.39, 0.29) is 23.3 Å². The Hall–Kier alpha value is -2.83. The van der Waals surface area contributed by atoms with Crippen LogP contribution in [-0.4, -0.2) is 29.3 Å². The van der Waals surface area contributed by atoms with Crippen molar-refractivity contribution in [3.05, 3.63) is 59.2 Å². The van der Waals surface area contributed by atoms with Crippen LogP contribution in [0.4, 0.5) is 13.2 Å². The number of carbonyl (C=O) groups is 2. The van der Waals surface area contributed by atoms with Crippen LogP contribution in [-0.2, 0) is 11.0 Å². The van der Waals surface area contributed by atoms with E-state index < -0.39 is 23.7 Å². The van der Waals surface area contributed by atoms with Crippen molar-refractivity contribution in [1.29, 1.82) is 0 Å². The van der Waals surface area contributed by atoms with Gasteiger partial charge in [0.1, 0.15) is 6.04 Å². The number of likely N-dealkylation sites (tertiary alicyclic amines) is 1. The predicted molar refractivity (Wildman–Crippen MR) is 97.2 cm³/mol. The molecular weight excluding hydrogens is 369 g/mol. The largest absolute Gasteiger partial charge is 0.416 e. The summed E-state index contributed by atoms with van der Waals surface area (Å²) in [6, 6.07) is 9.30. The molecule has 4 nitrogen and oxygen atoms in total. The molecule has 0 unspecified atom stereocenters. The molecule has 146 valence electrons. The van der Waals surface area contributed by atoms with Gasteiger partial charge < -0.3 is 10.6 Å². The number of carbonyl (C=O) groups excluding carboxylic acids is 2. The Balaban J connectivity index is 1.76. The molecule has 1 aliphatic heterocycles. The smallest absolute Gasteiger partial charge is 0.368 e. The van der Waals surface area contributed by atoms with Gasteiger partial charge in [-0.25, -0.2) is 0 Å². The van der Waals surface area contributed by atoms with Crippen molar-refractivity contribution in [2.24, 2.45) is 17.6 Å². The van der Waals surface area contributed by atoms with Gasteiger partial charge in [-0.2, -0.15) is 13.2 Å². The van der Waals surface area contributed by atoms with Gasteiger partial charge in [0.05, 0.1) is 5.56 Å². The molecule has 4 rings (SSSR count). The summed E-state index contributed by atoms with van der Waals surface area (Å²) in [7, 11) is 0. The summed E-state index contributed by atoms with van der Waals surface area (Å²) >= 11 is 0. The summed E-state index contributed by atoms with van der Waals surface area (Å²) < 4.78 is 39.4. The van der Waals surface area contributed by atoms with Gasteiger partial charge >= 0.3 is 6.18 Å². The van der Waals surface area contributed by atoms with Gasteiger partial charge in [0.15, 0.2) is 0 Å². The van der Waals surface area contributed by atoms with Gasteiger partial charge in [-0.1, -0.05) is 29.8 Å². The monoisotopic (exact) mass is 388 g/mol. The molecule has 2 aromatic carbocycles. The zero-order chi connectivity index (χ0) is 20.2. The molecule has 1 saturated heterocycles. The van der Waals surface area contributed by atoms with Crippen LogP contribution in [0.15, 0.2) is 42.5 Å². The predicted octanol–water partition coefficient (Wildman–Crippen LogP) is 3.63. The molecule has 2 aromatic rings. The Morgan fingerprint density at radius 2 is 1.89 bits per heavy atom. The van der Waals surface area contributed by atoms with Crippen molar-refractivity contribution in [2.45, 2.75) is 25.6 Å². The van der Waals surface area contributed by atoms with E-state index in [4.69, 9.17) is 5.73 Å². The van der Waals surface area contributed by atoms with Crippen molar-refractivity contribution in [2.75, 3.05) is 6.54 Å². The number of nitrogens with two attached hydrogens (primary N) is 1. The molecule has 0 radical (unpaired) electrons. The second-order valence-electron chi connectivity index (χ2n) is 7.59. The van der Waals surface area contributed by atoms with Crippen molar-refractivity contribution < 1.29 is 22.8 Å². The summed E-state index contributed by atoms with van der Waals surface area (Å²) in [6.45, 7) is 2.26. The highest BCUT2D eigenvalue weighted by Gasteiger charge is 2.56. The minimum absolute atomic E-state index is 0.101. The number of aryl methyl sites for hydroxylation is 1. The zero-order valence-electron chi connectivity index (χ0n) is 15.2. The summed E-state index contributed by atoms with van der Waals surface area (Å²) in [6.07, 6.45) is -3.59. The molecule has 3 atom stereocenters. The highest BCUT2D eigenvalue weighted by molar-refractivity contribution is 6.03. The lowest BCUT2D eigenvalue weighted by Crippen LogP contribution is -2.46. The number of hydrogen-bond acceptors (Lipinski definition) is 2. The highest BCUT2D eigenvalue weighted by atomic mass is 19.4. The third-order valence-corrected chi connectivity index (χ3v) is 5.61. The van der Waals surface area contributed by atoms with E-state index in [9.17, 15) is 22.8 Å². The maximum atomic E-state index is 13.2. The minimum Gasteiger partial charge on any atom is -0.368 e. The SMILES string of the molecule is Cc1ccc(C(=O)N2C[C@H]3C[C@H]3[C@H]2C(N)=O)c(-c2cccc(C(F)(F)F)c2)c1. The normalized spacial score (nSPS) is 23.4. The molecule has 1 heterocycles. The van der Waals surface area contributed by atoms with Crippen LogP contribution in [0.25, 0.3) is 11.1 Å². The molecule has 28 heavy (non-hydrogen) atoms. The number of benzene rings is 2. The van der Waals surface area contributed by atoms with Crippen LogP contribution in [0.5, 0.6) is 0 Å². The average molecular weight is 388 g/mol. The number of nitrogens with zero attached hydrogens (tertiary/aromatic N) is 1. The van der Waals surface area contributed by atoms with E-state index in [1.54, 1.807) is 24.3 Å². The summed E-state index contributed by atoms with van der Waals surface area (Å²) in [5, 5.41) is 0. The van der Waals surface area contributed by atoms with Crippen LogP contribution in [0.3, 0.4) is 0 Å². The van der Waals surface area contributed by atoms with Gasteiger partial charge in [-0.3, -0.25) is 9.59 Å². The third-order valence-electron chi connectivity index (χ3n) is 5.61. The fourth-order valence-electron chi connectivity index (χ4n) is 4.14. The molecule has 1 saturated carbocycles. The Bertz CT molecular complexity index is 970. The number of fused-ring (bicyclic) bond motifs is 1. The fourth-order valence-corrected chi connectivity index (χ4v) is 4.14. The van der Waals surface area contributed by atoms with Crippen molar-refractivity contribution >= 4 is 11.8 Å². The van der Waals surface area contributed by atoms with Crippen LogP contribution in [0, 0.1) is 18.8 Å². The van der Waals surface area contributed by atoms with E-state index in [0.29, 0.717) is 17.7 Å². The Labute approximate surface area is 160 Å². The molecule has 2 aliphatic rings. The highest BCUT2D eigenvalue weighted by Crippen LogP contribution is 2.50. The van der Waals surface area contributed by atoms with Crippen LogP contribution in [0.1, 0.15) is 27.9 Å². The zero-order valence-corrected chi connectivity index (χ0v) is 15.2. The van der Waals surface area contributed by atoms with Crippen LogP contribution in [0.2, 0.25) is 0 Å².